The van der Waals surface area contributed by atoms with Crippen LogP contribution in [0.2, 0.25) is 5.15 Å². The number of nitrogens with zero attached hydrogens (tertiary/aromatic N) is 2. The lowest BCUT2D eigenvalue weighted by atomic mass is 10.1. The lowest BCUT2D eigenvalue weighted by Crippen LogP contribution is -2.04. The van der Waals surface area contributed by atoms with E-state index in [1.807, 2.05) is 0 Å². The normalized spacial score (nSPS) is 10.7. The Morgan fingerprint density at radius 1 is 1.50 bits per heavy atom. The van der Waals surface area contributed by atoms with Crippen LogP contribution in [-0.2, 0) is 13.6 Å². The van der Waals surface area contributed by atoms with Gasteiger partial charge in [-0.15, -0.1) is 0 Å². The lowest BCUT2D eigenvalue weighted by molar-refractivity contribution is 0.386. The first kappa shape index (κ1) is 12.9. The summed E-state index contributed by atoms with van der Waals surface area (Å²) < 4.78 is 20.2. The van der Waals surface area contributed by atoms with Crippen molar-refractivity contribution in [2.75, 3.05) is 7.11 Å². The minimum absolute atomic E-state index is 0.185. The van der Waals surface area contributed by atoms with Gasteiger partial charge in [0.1, 0.15) is 16.7 Å². The highest BCUT2D eigenvalue weighted by molar-refractivity contribution is 6.32. The number of halogens is 2. The Morgan fingerprint density at radius 2 is 2.22 bits per heavy atom. The molecule has 0 amide bonds. The van der Waals surface area contributed by atoms with Crippen molar-refractivity contribution in [2.24, 2.45) is 12.8 Å². The summed E-state index contributed by atoms with van der Waals surface area (Å²) in [6.07, 6.45) is 0. The Morgan fingerprint density at radius 3 is 2.72 bits per heavy atom. The summed E-state index contributed by atoms with van der Waals surface area (Å²) in [7, 11) is 3.18. The van der Waals surface area contributed by atoms with Gasteiger partial charge in [-0.1, -0.05) is 11.6 Å². The Labute approximate surface area is 109 Å². The third kappa shape index (κ3) is 2.07. The fraction of sp³-hybridized carbons (Fsp3) is 0.250. The molecule has 0 bridgehead atoms. The van der Waals surface area contributed by atoms with Crippen LogP contribution in [0.5, 0.6) is 5.75 Å². The van der Waals surface area contributed by atoms with Gasteiger partial charge in [-0.25, -0.2) is 9.37 Å². The number of ether oxygens (including phenoxy) is 1. The molecule has 96 valence electrons. The number of rotatable bonds is 3. The predicted molar refractivity (Wildman–Crippen MR) is 68.1 cm³/mol. The molecular formula is C12H13ClFN3O. The van der Waals surface area contributed by atoms with E-state index in [4.69, 9.17) is 22.1 Å². The molecule has 4 nitrogen and oxygen atoms in total. The average molecular weight is 270 g/mol. The molecule has 0 saturated heterocycles. The van der Waals surface area contributed by atoms with Gasteiger partial charge in [0.15, 0.2) is 11.6 Å². The first-order valence-electron chi connectivity index (χ1n) is 5.33. The average Bonchev–Trinajstić information content (AvgIpc) is 2.66. The highest BCUT2D eigenvalue weighted by atomic mass is 35.5. The van der Waals surface area contributed by atoms with E-state index < -0.39 is 5.82 Å². The largest absolute Gasteiger partial charge is 0.494 e. The van der Waals surface area contributed by atoms with Crippen LogP contribution < -0.4 is 10.5 Å². The van der Waals surface area contributed by atoms with Crippen molar-refractivity contribution in [3.63, 3.8) is 0 Å². The van der Waals surface area contributed by atoms with Crippen LogP contribution in [0.1, 0.15) is 5.82 Å². The molecule has 18 heavy (non-hydrogen) atoms. The van der Waals surface area contributed by atoms with Gasteiger partial charge in [0, 0.05) is 12.6 Å². The molecule has 0 atom stereocenters. The molecule has 2 N–H and O–H groups in total. The smallest absolute Gasteiger partial charge is 0.165 e. The van der Waals surface area contributed by atoms with Gasteiger partial charge in [-0.2, -0.15) is 0 Å². The molecule has 1 heterocycles. The minimum atomic E-state index is -0.453. The third-order valence-corrected chi connectivity index (χ3v) is 3.16. The summed E-state index contributed by atoms with van der Waals surface area (Å²) in [5, 5.41) is 0.431. The van der Waals surface area contributed by atoms with E-state index in [0.29, 0.717) is 22.2 Å². The van der Waals surface area contributed by atoms with Gasteiger partial charge in [-0.05, 0) is 18.2 Å². The summed E-state index contributed by atoms with van der Waals surface area (Å²) >= 11 is 6.14. The number of hydrogen-bond donors (Lipinski definition) is 1. The van der Waals surface area contributed by atoms with Gasteiger partial charge in [0.25, 0.3) is 0 Å². The maximum Gasteiger partial charge on any atom is 0.165 e. The molecule has 0 radical (unpaired) electrons. The van der Waals surface area contributed by atoms with E-state index in [1.165, 1.54) is 19.2 Å². The Kier molecular flexibility index (Phi) is 3.54. The standard InChI is InChI=1S/C12H13ClFN3O/c1-17-10(6-15)16-11(12(17)13)7-3-4-9(18-2)8(14)5-7/h3-5H,6,15H2,1-2H3. The topological polar surface area (TPSA) is 53.1 Å². The van der Waals surface area contributed by atoms with Crippen LogP contribution in [0.3, 0.4) is 0 Å². The van der Waals surface area contributed by atoms with E-state index in [1.54, 1.807) is 17.7 Å². The highest BCUT2D eigenvalue weighted by Gasteiger charge is 2.15. The molecule has 0 spiro atoms. The SMILES string of the molecule is COc1ccc(-c2nc(CN)n(C)c2Cl)cc1F. The first-order valence-corrected chi connectivity index (χ1v) is 5.71. The van der Waals surface area contributed by atoms with Crippen molar-refractivity contribution in [3.8, 4) is 17.0 Å². The Bertz CT molecular complexity index is 583. The van der Waals surface area contributed by atoms with Crippen LogP contribution in [0.15, 0.2) is 18.2 Å². The quantitative estimate of drug-likeness (QED) is 0.931. The highest BCUT2D eigenvalue weighted by Crippen LogP contribution is 2.30. The predicted octanol–water partition coefficient (Wildman–Crippen LogP) is 2.35. The third-order valence-electron chi connectivity index (χ3n) is 2.73. The second kappa shape index (κ2) is 4.96. The van der Waals surface area contributed by atoms with Crippen LogP contribution in [0.4, 0.5) is 4.39 Å². The van der Waals surface area contributed by atoms with Crippen molar-refractivity contribution in [3.05, 3.63) is 35.0 Å². The molecule has 0 fully saturated rings. The van der Waals surface area contributed by atoms with Gasteiger partial charge < -0.3 is 15.0 Å². The first-order chi connectivity index (χ1) is 8.58. The fourth-order valence-corrected chi connectivity index (χ4v) is 1.95. The van der Waals surface area contributed by atoms with Crippen LogP contribution >= 0.6 is 11.6 Å². The second-order valence-corrected chi connectivity index (χ2v) is 4.14. The maximum atomic E-state index is 13.6. The summed E-state index contributed by atoms with van der Waals surface area (Å²) in [5.41, 5.74) is 6.66. The summed E-state index contributed by atoms with van der Waals surface area (Å²) in [6, 6.07) is 4.58. The molecule has 0 aliphatic rings. The lowest BCUT2D eigenvalue weighted by Gasteiger charge is -2.03. The van der Waals surface area contributed by atoms with E-state index in [0.717, 1.165) is 0 Å². The maximum absolute atomic E-state index is 13.6. The van der Waals surface area contributed by atoms with Crippen LogP contribution in [0, 0.1) is 5.82 Å². The van der Waals surface area contributed by atoms with E-state index in [9.17, 15) is 4.39 Å². The number of imidazole rings is 1. The summed E-state index contributed by atoms with van der Waals surface area (Å²) in [5.74, 6) is 0.377. The molecule has 1 aromatic carbocycles. The molecule has 0 unspecified atom stereocenters. The molecule has 0 aliphatic carbocycles. The van der Waals surface area contributed by atoms with Gasteiger partial charge >= 0.3 is 0 Å². The van der Waals surface area contributed by atoms with Crippen molar-refractivity contribution in [2.45, 2.75) is 6.54 Å². The minimum Gasteiger partial charge on any atom is -0.494 e. The van der Waals surface area contributed by atoms with E-state index >= 15 is 0 Å². The van der Waals surface area contributed by atoms with E-state index in [-0.39, 0.29) is 12.3 Å². The zero-order valence-electron chi connectivity index (χ0n) is 10.1. The summed E-state index contributed by atoms with van der Waals surface area (Å²) in [4.78, 5) is 4.29. The zero-order chi connectivity index (χ0) is 13.3. The monoisotopic (exact) mass is 269 g/mol. The van der Waals surface area contributed by atoms with Crippen molar-refractivity contribution < 1.29 is 9.13 Å². The second-order valence-electron chi connectivity index (χ2n) is 3.78. The molecular weight excluding hydrogens is 257 g/mol. The Balaban J connectivity index is 2.52. The van der Waals surface area contributed by atoms with Gasteiger partial charge in [-0.3, -0.25) is 0 Å². The number of benzene rings is 1. The zero-order valence-corrected chi connectivity index (χ0v) is 10.8. The van der Waals surface area contributed by atoms with Crippen LogP contribution in [-0.4, -0.2) is 16.7 Å². The molecule has 2 aromatic rings. The number of hydrogen-bond acceptors (Lipinski definition) is 3. The Hall–Kier alpha value is -1.59. The number of aromatic nitrogens is 2. The fourth-order valence-electron chi connectivity index (χ4n) is 1.70. The molecule has 2 rings (SSSR count). The molecule has 0 aliphatic heterocycles. The van der Waals surface area contributed by atoms with Crippen molar-refractivity contribution >= 4 is 11.6 Å². The van der Waals surface area contributed by atoms with E-state index in [2.05, 4.69) is 4.98 Å². The van der Waals surface area contributed by atoms with Gasteiger partial charge in [0.2, 0.25) is 0 Å². The number of nitrogens with two attached hydrogens (primary N) is 1. The van der Waals surface area contributed by atoms with Gasteiger partial charge in [0.05, 0.1) is 13.7 Å². The molecule has 1 aromatic heterocycles. The molecule has 0 saturated carbocycles. The molecule has 6 heteroatoms. The summed E-state index contributed by atoms with van der Waals surface area (Å²) in [6.45, 7) is 0.273. The van der Waals surface area contributed by atoms with Crippen LogP contribution in [0.25, 0.3) is 11.3 Å². The van der Waals surface area contributed by atoms with Crippen molar-refractivity contribution in [1.82, 2.24) is 9.55 Å². The number of methoxy groups -OCH3 is 1. The van der Waals surface area contributed by atoms with Crippen molar-refractivity contribution in [1.29, 1.82) is 0 Å².